The maximum atomic E-state index is 14.0. The van der Waals surface area contributed by atoms with Crippen LogP contribution < -0.4 is 9.47 Å². The fourth-order valence-corrected chi connectivity index (χ4v) is 2.62. The summed E-state index contributed by atoms with van der Waals surface area (Å²) in [5.41, 5.74) is 1.52. The first-order chi connectivity index (χ1) is 9.97. The molecule has 0 aliphatic carbocycles. The van der Waals surface area contributed by atoms with E-state index in [0.717, 1.165) is 5.56 Å². The number of aliphatic hydroxyl groups excluding tert-OH is 1. The second-order valence-corrected chi connectivity index (χ2v) is 5.51. The lowest BCUT2D eigenvalue weighted by Crippen LogP contribution is -2.06. The molecule has 2 rings (SSSR count). The van der Waals surface area contributed by atoms with Crippen molar-refractivity contribution in [1.29, 1.82) is 0 Å². The number of benzene rings is 2. The molecule has 0 amide bonds. The Kier molecular flexibility index (Phi) is 4.85. The molecule has 1 N–H and O–H groups in total. The average Bonchev–Trinajstić information content (AvgIpc) is 2.48. The zero-order valence-electron chi connectivity index (χ0n) is 12.0. The normalized spacial score (nSPS) is 12.1. The van der Waals surface area contributed by atoms with Gasteiger partial charge in [0, 0.05) is 11.1 Å². The molecular weight excluding hydrogens is 339 g/mol. The van der Waals surface area contributed by atoms with Crippen molar-refractivity contribution in [1.82, 2.24) is 0 Å². The number of aliphatic hydroxyl groups is 1. The summed E-state index contributed by atoms with van der Waals surface area (Å²) in [6, 6.07) is 7.94. The number of halogens is 2. The van der Waals surface area contributed by atoms with E-state index in [1.165, 1.54) is 20.3 Å². The van der Waals surface area contributed by atoms with Gasteiger partial charge in [0.1, 0.15) is 23.4 Å². The molecule has 2 aromatic carbocycles. The second-order valence-electron chi connectivity index (χ2n) is 4.66. The van der Waals surface area contributed by atoms with Crippen LogP contribution in [0.15, 0.2) is 34.8 Å². The third-order valence-electron chi connectivity index (χ3n) is 3.24. The number of methoxy groups -OCH3 is 2. The Labute approximate surface area is 131 Å². The van der Waals surface area contributed by atoms with Gasteiger partial charge in [-0.25, -0.2) is 4.39 Å². The number of rotatable bonds is 4. The van der Waals surface area contributed by atoms with Crippen LogP contribution in [0.5, 0.6) is 11.5 Å². The molecule has 0 aromatic heterocycles. The summed E-state index contributed by atoms with van der Waals surface area (Å²) < 4.78 is 25.1. The van der Waals surface area contributed by atoms with Gasteiger partial charge >= 0.3 is 0 Å². The molecule has 5 heteroatoms. The van der Waals surface area contributed by atoms with E-state index in [9.17, 15) is 9.50 Å². The van der Waals surface area contributed by atoms with E-state index >= 15 is 0 Å². The summed E-state index contributed by atoms with van der Waals surface area (Å²) >= 11 is 3.35. The number of hydrogen-bond donors (Lipinski definition) is 1. The van der Waals surface area contributed by atoms with Crippen molar-refractivity contribution >= 4 is 15.9 Å². The minimum absolute atomic E-state index is 0.206. The van der Waals surface area contributed by atoms with Crippen molar-refractivity contribution < 1.29 is 19.0 Å². The van der Waals surface area contributed by atoms with Crippen LogP contribution in [-0.4, -0.2) is 19.3 Å². The monoisotopic (exact) mass is 354 g/mol. The van der Waals surface area contributed by atoms with Gasteiger partial charge in [-0.3, -0.25) is 0 Å². The Morgan fingerprint density at radius 1 is 1.05 bits per heavy atom. The second kappa shape index (κ2) is 6.45. The SMILES string of the molecule is COc1cc(C(O)c2cc(C)ccc2F)c(OC)cc1Br. The van der Waals surface area contributed by atoms with Crippen molar-refractivity contribution in [2.75, 3.05) is 14.2 Å². The van der Waals surface area contributed by atoms with E-state index in [1.54, 1.807) is 24.3 Å². The van der Waals surface area contributed by atoms with Crippen molar-refractivity contribution in [3.05, 3.63) is 57.3 Å². The Balaban J connectivity index is 2.56. The highest BCUT2D eigenvalue weighted by Crippen LogP contribution is 2.38. The van der Waals surface area contributed by atoms with Crippen LogP contribution >= 0.6 is 15.9 Å². The van der Waals surface area contributed by atoms with Crippen LogP contribution in [0.25, 0.3) is 0 Å². The highest BCUT2D eigenvalue weighted by atomic mass is 79.9. The molecule has 0 aliphatic heterocycles. The van der Waals surface area contributed by atoms with Crippen LogP contribution in [0.4, 0.5) is 4.39 Å². The largest absolute Gasteiger partial charge is 0.496 e. The smallest absolute Gasteiger partial charge is 0.133 e. The number of hydrogen-bond acceptors (Lipinski definition) is 3. The molecule has 0 saturated carbocycles. The lowest BCUT2D eigenvalue weighted by molar-refractivity contribution is 0.209. The summed E-state index contributed by atoms with van der Waals surface area (Å²) in [6.07, 6.45) is -1.14. The van der Waals surface area contributed by atoms with Crippen LogP contribution in [0.3, 0.4) is 0 Å². The fraction of sp³-hybridized carbons (Fsp3) is 0.250. The maximum Gasteiger partial charge on any atom is 0.133 e. The highest BCUT2D eigenvalue weighted by Gasteiger charge is 2.21. The average molecular weight is 355 g/mol. The predicted molar refractivity (Wildman–Crippen MR) is 82.4 cm³/mol. The lowest BCUT2D eigenvalue weighted by Gasteiger charge is -2.18. The van der Waals surface area contributed by atoms with Gasteiger partial charge in [0.15, 0.2) is 0 Å². The fourth-order valence-electron chi connectivity index (χ4n) is 2.14. The summed E-state index contributed by atoms with van der Waals surface area (Å²) in [5, 5.41) is 10.5. The molecule has 112 valence electrons. The highest BCUT2D eigenvalue weighted by molar-refractivity contribution is 9.10. The van der Waals surface area contributed by atoms with Gasteiger partial charge < -0.3 is 14.6 Å². The molecule has 0 saturated heterocycles. The maximum absolute atomic E-state index is 14.0. The zero-order chi connectivity index (χ0) is 15.6. The molecule has 0 radical (unpaired) electrons. The van der Waals surface area contributed by atoms with E-state index in [1.807, 2.05) is 6.92 Å². The first-order valence-electron chi connectivity index (χ1n) is 6.33. The summed E-state index contributed by atoms with van der Waals surface area (Å²) in [7, 11) is 3.02. The molecule has 0 spiro atoms. The van der Waals surface area contributed by atoms with Gasteiger partial charge in [0.2, 0.25) is 0 Å². The van der Waals surface area contributed by atoms with Crippen molar-refractivity contribution in [2.24, 2.45) is 0 Å². The number of ether oxygens (including phenoxy) is 2. The molecule has 1 unspecified atom stereocenters. The van der Waals surface area contributed by atoms with Crippen LogP contribution in [0.2, 0.25) is 0 Å². The van der Waals surface area contributed by atoms with E-state index in [0.29, 0.717) is 21.5 Å². The van der Waals surface area contributed by atoms with Gasteiger partial charge in [-0.2, -0.15) is 0 Å². The Hall–Kier alpha value is -1.59. The van der Waals surface area contributed by atoms with Gasteiger partial charge in [0.05, 0.1) is 18.7 Å². The van der Waals surface area contributed by atoms with Gasteiger partial charge in [-0.15, -0.1) is 0 Å². The first kappa shape index (κ1) is 15.8. The van der Waals surface area contributed by atoms with Crippen LogP contribution in [0, 0.1) is 12.7 Å². The Morgan fingerprint density at radius 3 is 2.33 bits per heavy atom. The van der Waals surface area contributed by atoms with E-state index in [2.05, 4.69) is 15.9 Å². The predicted octanol–water partition coefficient (Wildman–Crippen LogP) is 4.00. The molecule has 3 nitrogen and oxygen atoms in total. The van der Waals surface area contributed by atoms with Crippen LogP contribution in [0.1, 0.15) is 22.8 Å². The summed E-state index contributed by atoms with van der Waals surface area (Å²) in [6.45, 7) is 1.84. The number of aryl methyl sites for hydroxylation is 1. The van der Waals surface area contributed by atoms with Crippen molar-refractivity contribution in [2.45, 2.75) is 13.0 Å². The molecule has 1 atom stereocenters. The van der Waals surface area contributed by atoms with Gasteiger partial charge in [-0.05, 0) is 41.1 Å². The van der Waals surface area contributed by atoms with E-state index in [4.69, 9.17) is 9.47 Å². The quantitative estimate of drug-likeness (QED) is 0.901. The molecule has 0 aliphatic rings. The van der Waals surface area contributed by atoms with Crippen LogP contribution in [-0.2, 0) is 0 Å². The topological polar surface area (TPSA) is 38.7 Å². The zero-order valence-corrected chi connectivity index (χ0v) is 13.6. The van der Waals surface area contributed by atoms with E-state index < -0.39 is 11.9 Å². The molecular formula is C16H16BrFO3. The summed E-state index contributed by atoms with van der Waals surface area (Å²) in [5.74, 6) is 0.533. The Morgan fingerprint density at radius 2 is 1.71 bits per heavy atom. The summed E-state index contributed by atoms with van der Waals surface area (Å²) in [4.78, 5) is 0. The molecule has 0 heterocycles. The van der Waals surface area contributed by atoms with Crippen molar-refractivity contribution in [3.8, 4) is 11.5 Å². The van der Waals surface area contributed by atoms with Gasteiger partial charge in [0.25, 0.3) is 0 Å². The molecule has 0 fully saturated rings. The van der Waals surface area contributed by atoms with Gasteiger partial charge in [-0.1, -0.05) is 17.7 Å². The lowest BCUT2D eigenvalue weighted by atomic mass is 9.98. The Bertz CT molecular complexity index is 658. The van der Waals surface area contributed by atoms with E-state index in [-0.39, 0.29) is 5.56 Å². The van der Waals surface area contributed by atoms with Crippen molar-refractivity contribution in [3.63, 3.8) is 0 Å². The minimum atomic E-state index is -1.14. The minimum Gasteiger partial charge on any atom is -0.496 e. The first-order valence-corrected chi connectivity index (χ1v) is 7.12. The molecule has 2 aromatic rings. The molecule has 21 heavy (non-hydrogen) atoms. The molecule has 0 bridgehead atoms. The third kappa shape index (κ3) is 3.19. The third-order valence-corrected chi connectivity index (χ3v) is 3.86. The standard InChI is InChI=1S/C16H16BrFO3/c1-9-4-5-13(18)10(6-9)16(19)11-7-15(21-3)12(17)8-14(11)20-2/h4-8,16,19H,1-3H3.